The Labute approximate surface area is 108 Å². The van der Waals surface area contributed by atoms with E-state index in [0.717, 1.165) is 19.6 Å². The lowest BCUT2D eigenvalue weighted by Crippen LogP contribution is -2.51. The van der Waals surface area contributed by atoms with Crippen LogP contribution in [0, 0.1) is 0 Å². The maximum absolute atomic E-state index is 12.5. The molecule has 0 unspecified atom stereocenters. The van der Waals surface area contributed by atoms with Gasteiger partial charge in [-0.1, -0.05) is 12.1 Å². The second-order valence-electron chi connectivity index (χ2n) is 4.54. The number of amides is 1. The molecule has 1 aliphatic heterocycles. The summed E-state index contributed by atoms with van der Waals surface area (Å²) in [5.74, 6) is 0.739. The highest BCUT2D eigenvalue weighted by atomic mass is 16.5. The van der Waals surface area contributed by atoms with Crippen molar-refractivity contribution in [3.05, 3.63) is 29.8 Å². The summed E-state index contributed by atoms with van der Waals surface area (Å²) in [5, 5.41) is 3.33. The van der Waals surface area contributed by atoms with Crippen LogP contribution in [-0.4, -0.2) is 43.1 Å². The third-order valence-corrected chi connectivity index (χ3v) is 3.07. The van der Waals surface area contributed by atoms with Crippen LogP contribution in [0.5, 0.6) is 5.75 Å². The number of ether oxygens (including phenoxy) is 1. The van der Waals surface area contributed by atoms with E-state index in [9.17, 15) is 4.79 Å². The predicted octanol–water partition coefficient (Wildman–Crippen LogP) is 1.52. The van der Waals surface area contributed by atoms with Gasteiger partial charge in [-0.3, -0.25) is 4.79 Å². The Morgan fingerprint density at radius 2 is 2.28 bits per heavy atom. The first-order valence-electron chi connectivity index (χ1n) is 6.47. The lowest BCUT2D eigenvalue weighted by molar-refractivity contribution is 0.0705. The van der Waals surface area contributed by atoms with Crippen LogP contribution in [0.2, 0.25) is 0 Å². The van der Waals surface area contributed by atoms with E-state index < -0.39 is 0 Å². The Bertz CT molecular complexity index is 420. The molecule has 1 saturated heterocycles. The van der Waals surface area contributed by atoms with E-state index in [1.807, 2.05) is 36.1 Å². The van der Waals surface area contributed by atoms with Crippen molar-refractivity contribution in [2.45, 2.75) is 19.9 Å². The number of hydrogen-bond donors (Lipinski definition) is 1. The third-order valence-electron chi connectivity index (χ3n) is 3.07. The molecular formula is C14H20N2O2. The fourth-order valence-corrected chi connectivity index (χ4v) is 2.21. The van der Waals surface area contributed by atoms with E-state index >= 15 is 0 Å². The summed E-state index contributed by atoms with van der Waals surface area (Å²) < 4.78 is 5.51. The van der Waals surface area contributed by atoms with Crippen LogP contribution in [0.4, 0.5) is 0 Å². The first-order valence-corrected chi connectivity index (χ1v) is 6.47. The van der Waals surface area contributed by atoms with Crippen molar-refractivity contribution in [1.29, 1.82) is 0 Å². The highest BCUT2D eigenvalue weighted by Crippen LogP contribution is 2.20. The largest absolute Gasteiger partial charge is 0.493 e. The quantitative estimate of drug-likeness (QED) is 0.881. The van der Waals surface area contributed by atoms with E-state index in [1.165, 1.54) is 0 Å². The number of piperazine rings is 1. The molecule has 0 aliphatic carbocycles. The first kappa shape index (κ1) is 12.9. The van der Waals surface area contributed by atoms with Crippen LogP contribution in [0.3, 0.4) is 0 Å². The topological polar surface area (TPSA) is 41.6 Å². The van der Waals surface area contributed by atoms with Crippen molar-refractivity contribution in [3.8, 4) is 5.75 Å². The van der Waals surface area contributed by atoms with Gasteiger partial charge in [-0.2, -0.15) is 0 Å². The number of carbonyl (C=O) groups is 1. The van der Waals surface area contributed by atoms with Crippen LogP contribution in [0.25, 0.3) is 0 Å². The van der Waals surface area contributed by atoms with Gasteiger partial charge in [-0.25, -0.2) is 0 Å². The fourth-order valence-electron chi connectivity index (χ4n) is 2.21. The van der Waals surface area contributed by atoms with Crippen LogP contribution >= 0.6 is 0 Å². The number of para-hydroxylation sites is 1. The molecule has 0 radical (unpaired) electrons. The van der Waals surface area contributed by atoms with Crippen molar-refractivity contribution in [2.75, 3.05) is 26.2 Å². The number of nitrogens with zero attached hydrogens (tertiary/aromatic N) is 1. The molecule has 1 fully saturated rings. The van der Waals surface area contributed by atoms with Gasteiger partial charge in [0.1, 0.15) is 5.75 Å². The van der Waals surface area contributed by atoms with Crippen LogP contribution < -0.4 is 10.1 Å². The Kier molecular flexibility index (Phi) is 4.20. The van der Waals surface area contributed by atoms with E-state index in [-0.39, 0.29) is 5.91 Å². The molecule has 1 aliphatic rings. The summed E-state index contributed by atoms with van der Waals surface area (Å²) in [6, 6.07) is 7.80. The molecule has 0 aromatic heterocycles. The van der Waals surface area contributed by atoms with Gasteiger partial charge in [0.05, 0.1) is 12.2 Å². The second kappa shape index (κ2) is 5.87. The number of hydrogen-bond acceptors (Lipinski definition) is 3. The molecule has 98 valence electrons. The molecule has 4 nitrogen and oxygen atoms in total. The average molecular weight is 248 g/mol. The number of carbonyl (C=O) groups excluding carboxylic acids is 1. The van der Waals surface area contributed by atoms with E-state index in [1.54, 1.807) is 0 Å². The first-order chi connectivity index (χ1) is 8.72. The third kappa shape index (κ3) is 2.82. The van der Waals surface area contributed by atoms with Crippen molar-refractivity contribution >= 4 is 5.91 Å². The van der Waals surface area contributed by atoms with Gasteiger partial charge in [0.15, 0.2) is 0 Å². The molecular weight excluding hydrogens is 228 g/mol. The molecule has 1 atom stereocenters. The molecule has 4 heteroatoms. The fraction of sp³-hybridized carbons (Fsp3) is 0.500. The molecule has 1 amide bonds. The average Bonchev–Trinajstić information content (AvgIpc) is 2.39. The summed E-state index contributed by atoms with van der Waals surface area (Å²) in [6.45, 7) is 6.94. The minimum Gasteiger partial charge on any atom is -0.493 e. The smallest absolute Gasteiger partial charge is 0.257 e. The van der Waals surface area contributed by atoms with Gasteiger partial charge < -0.3 is 15.0 Å². The van der Waals surface area contributed by atoms with E-state index in [0.29, 0.717) is 24.0 Å². The Hall–Kier alpha value is -1.55. The lowest BCUT2D eigenvalue weighted by atomic mass is 10.1. The number of benzene rings is 1. The van der Waals surface area contributed by atoms with Gasteiger partial charge in [0.2, 0.25) is 0 Å². The summed E-state index contributed by atoms with van der Waals surface area (Å²) in [6.07, 6.45) is 0. The minimum absolute atomic E-state index is 0.0624. The summed E-state index contributed by atoms with van der Waals surface area (Å²) in [4.78, 5) is 14.3. The zero-order chi connectivity index (χ0) is 13.0. The van der Waals surface area contributed by atoms with Gasteiger partial charge >= 0.3 is 0 Å². The van der Waals surface area contributed by atoms with Crippen molar-refractivity contribution in [1.82, 2.24) is 10.2 Å². The van der Waals surface area contributed by atoms with Gasteiger partial charge in [-0.15, -0.1) is 0 Å². The Balaban J connectivity index is 2.17. The maximum Gasteiger partial charge on any atom is 0.257 e. The van der Waals surface area contributed by atoms with E-state index in [2.05, 4.69) is 12.2 Å². The standard InChI is InChI=1S/C14H20N2O2/c1-3-18-13-7-5-4-6-12(13)14(17)16-9-8-15-11(2)10-16/h4-7,11,15H,3,8-10H2,1-2H3/t11-/m0/s1. The second-order valence-corrected chi connectivity index (χ2v) is 4.54. The van der Waals surface area contributed by atoms with Crippen LogP contribution in [0.15, 0.2) is 24.3 Å². The van der Waals surface area contributed by atoms with Crippen molar-refractivity contribution in [2.24, 2.45) is 0 Å². The van der Waals surface area contributed by atoms with Gasteiger partial charge in [0.25, 0.3) is 5.91 Å². The molecule has 0 saturated carbocycles. The molecule has 1 heterocycles. The Morgan fingerprint density at radius 3 is 3.00 bits per heavy atom. The molecule has 0 bridgehead atoms. The Morgan fingerprint density at radius 1 is 1.50 bits per heavy atom. The number of rotatable bonds is 3. The van der Waals surface area contributed by atoms with Gasteiger partial charge in [0, 0.05) is 25.7 Å². The van der Waals surface area contributed by atoms with E-state index in [4.69, 9.17) is 4.74 Å². The predicted molar refractivity (Wildman–Crippen MR) is 71.0 cm³/mol. The van der Waals surface area contributed by atoms with Gasteiger partial charge in [-0.05, 0) is 26.0 Å². The normalized spacial score (nSPS) is 19.7. The monoisotopic (exact) mass is 248 g/mol. The van der Waals surface area contributed by atoms with Crippen LogP contribution in [0.1, 0.15) is 24.2 Å². The summed E-state index contributed by atoms with van der Waals surface area (Å²) >= 11 is 0. The zero-order valence-electron chi connectivity index (χ0n) is 11.0. The molecule has 1 aromatic rings. The minimum atomic E-state index is 0.0624. The molecule has 18 heavy (non-hydrogen) atoms. The lowest BCUT2D eigenvalue weighted by Gasteiger charge is -2.32. The van der Waals surface area contributed by atoms with Crippen LogP contribution in [-0.2, 0) is 0 Å². The SMILES string of the molecule is CCOc1ccccc1C(=O)N1CCN[C@@H](C)C1. The summed E-state index contributed by atoms with van der Waals surface area (Å²) in [5.41, 5.74) is 0.661. The molecule has 1 N–H and O–H groups in total. The highest BCUT2D eigenvalue weighted by Gasteiger charge is 2.23. The molecule has 1 aromatic carbocycles. The maximum atomic E-state index is 12.5. The van der Waals surface area contributed by atoms with Crippen molar-refractivity contribution < 1.29 is 9.53 Å². The highest BCUT2D eigenvalue weighted by molar-refractivity contribution is 5.97. The molecule has 2 rings (SSSR count). The number of nitrogens with one attached hydrogen (secondary N) is 1. The van der Waals surface area contributed by atoms with Crippen molar-refractivity contribution in [3.63, 3.8) is 0 Å². The zero-order valence-corrected chi connectivity index (χ0v) is 11.0. The molecule has 0 spiro atoms. The summed E-state index contributed by atoms with van der Waals surface area (Å²) in [7, 11) is 0.